The van der Waals surface area contributed by atoms with E-state index in [0.717, 1.165) is 23.3 Å². The van der Waals surface area contributed by atoms with Crippen LogP contribution in [-0.4, -0.2) is 30.4 Å². The van der Waals surface area contributed by atoms with Gasteiger partial charge in [0.1, 0.15) is 17.6 Å². The second-order valence-corrected chi connectivity index (χ2v) is 7.25. The van der Waals surface area contributed by atoms with Crippen molar-refractivity contribution in [3.05, 3.63) is 65.0 Å². The van der Waals surface area contributed by atoms with Gasteiger partial charge in [0, 0.05) is 5.56 Å². The van der Waals surface area contributed by atoms with E-state index in [2.05, 4.69) is 16.2 Å². The number of hydrogen-bond acceptors (Lipinski definition) is 4. The molecule has 0 saturated heterocycles. The van der Waals surface area contributed by atoms with E-state index in [9.17, 15) is 18.8 Å². The summed E-state index contributed by atoms with van der Waals surface area (Å²) in [4.78, 5) is 36.8. The van der Waals surface area contributed by atoms with E-state index in [0.29, 0.717) is 5.75 Å². The summed E-state index contributed by atoms with van der Waals surface area (Å²) in [5.41, 5.74) is 6.60. The number of benzene rings is 2. The van der Waals surface area contributed by atoms with Gasteiger partial charge < -0.3 is 10.1 Å². The van der Waals surface area contributed by atoms with Crippen LogP contribution in [-0.2, 0) is 9.59 Å². The Kier molecular flexibility index (Phi) is 7.91. The summed E-state index contributed by atoms with van der Waals surface area (Å²) in [6.07, 6.45) is 0. The molecule has 160 valence electrons. The van der Waals surface area contributed by atoms with Gasteiger partial charge in [0.2, 0.25) is 0 Å². The van der Waals surface area contributed by atoms with Crippen LogP contribution in [0.1, 0.15) is 35.3 Å². The molecule has 0 aliphatic carbocycles. The molecule has 2 rings (SSSR count). The maximum absolute atomic E-state index is 13.0. The van der Waals surface area contributed by atoms with Crippen LogP contribution in [0.2, 0.25) is 0 Å². The van der Waals surface area contributed by atoms with E-state index in [1.54, 1.807) is 13.8 Å². The summed E-state index contributed by atoms with van der Waals surface area (Å²) in [5.74, 6) is -1.74. The van der Waals surface area contributed by atoms with Crippen molar-refractivity contribution in [3.8, 4) is 5.75 Å². The maximum Gasteiger partial charge on any atom is 0.276 e. The van der Waals surface area contributed by atoms with Crippen molar-refractivity contribution in [1.82, 2.24) is 16.2 Å². The first kappa shape index (κ1) is 22.9. The van der Waals surface area contributed by atoms with Gasteiger partial charge >= 0.3 is 0 Å². The number of hydrogen-bond donors (Lipinski definition) is 3. The Hall–Kier alpha value is -3.42. The van der Waals surface area contributed by atoms with Crippen LogP contribution in [0, 0.1) is 25.6 Å². The van der Waals surface area contributed by atoms with Crippen molar-refractivity contribution in [2.24, 2.45) is 5.92 Å². The van der Waals surface area contributed by atoms with Crippen molar-refractivity contribution in [2.45, 2.75) is 33.7 Å². The summed E-state index contributed by atoms with van der Waals surface area (Å²) in [6, 6.07) is 9.72. The number of halogens is 1. The fourth-order valence-electron chi connectivity index (χ4n) is 2.77. The second kappa shape index (κ2) is 10.4. The monoisotopic (exact) mass is 415 g/mol. The fraction of sp³-hybridized carbons (Fsp3) is 0.318. The van der Waals surface area contributed by atoms with Crippen molar-refractivity contribution in [2.75, 3.05) is 6.61 Å². The van der Waals surface area contributed by atoms with Gasteiger partial charge in [0.25, 0.3) is 17.7 Å². The zero-order chi connectivity index (χ0) is 22.3. The van der Waals surface area contributed by atoms with E-state index in [1.165, 1.54) is 12.1 Å². The van der Waals surface area contributed by atoms with Crippen LogP contribution in [0.4, 0.5) is 4.39 Å². The molecule has 3 amide bonds. The van der Waals surface area contributed by atoms with E-state index in [1.807, 2.05) is 32.0 Å². The number of carbonyl (C=O) groups is 3. The number of nitrogens with one attached hydrogen (secondary N) is 3. The lowest BCUT2D eigenvalue weighted by Crippen LogP contribution is -2.55. The molecule has 2 aromatic carbocycles. The van der Waals surface area contributed by atoms with Gasteiger partial charge in [-0.2, -0.15) is 0 Å². The Bertz CT molecular complexity index is 893. The van der Waals surface area contributed by atoms with Crippen molar-refractivity contribution in [1.29, 1.82) is 0 Å². The highest BCUT2D eigenvalue weighted by Crippen LogP contribution is 2.21. The van der Waals surface area contributed by atoms with Gasteiger partial charge in [-0.15, -0.1) is 0 Å². The predicted molar refractivity (Wildman–Crippen MR) is 110 cm³/mol. The predicted octanol–water partition coefficient (Wildman–Crippen LogP) is 2.42. The number of para-hydroxylation sites is 1. The average molecular weight is 415 g/mol. The Morgan fingerprint density at radius 2 is 1.57 bits per heavy atom. The molecule has 7 nitrogen and oxygen atoms in total. The highest BCUT2D eigenvalue weighted by Gasteiger charge is 2.25. The lowest BCUT2D eigenvalue weighted by atomic mass is 10.0. The number of rotatable bonds is 7. The largest absolute Gasteiger partial charge is 0.483 e. The highest BCUT2D eigenvalue weighted by atomic mass is 19.1. The molecule has 0 aliphatic rings. The highest BCUT2D eigenvalue weighted by molar-refractivity contribution is 5.97. The molecule has 0 aromatic heterocycles. The first-order valence-corrected chi connectivity index (χ1v) is 9.53. The van der Waals surface area contributed by atoms with Gasteiger partial charge in [-0.3, -0.25) is 25.2 Å². The Morgan fingerprint density at radius 3 is 2.13 bits per heavy atom. The van der Waals surface area contributed by atoms with Crippen molar-refractivity contribution < 1.29 is 23.5 Å². The molecular weight excluding hydrogens is 389 g/mol. The van der Waals surface area contributed by atoms with Gasteiger partial charge in [-0.05, 0) is 55.2 Å². The minimum atomic E-state index is -0.901. The minimum absolute atomic E-state index is 0.223. The van der Waals surface area contributed by atoms with Crippen LogP contribution in [0.5, 0.6) is 5.75 Å². The van der Waals surface area contributed by atoms with Gasteiger partial charge in [0.15, 0.2) is 6.61 Å². The molecule has 8 heteroatoms. The molecule has 0 bridgehead atoms. The molecule has 3 N–H and O–H groups in total. The summed E-state index contributed by atoms with van der Waals surface area (Å²) in [7, 11) is 0. The topological polar surface area (TPSA) is 96.5 Å². The molecule has 0 heterocycles. The lowest BCUT2D eigenvalue weighted by Gasteiger charge is -2.22. The molecule has 0 radical (unpaired) electrons. The zero-order valence-corrected chi connectivity index (χ0v) is 17.4. The van der Waals surface area contributed by atoms with Crippen molar-refractivity contribution >= 4 is 17.7 Å². The number of amides is 3. The Balaban J connectivity index is 1.89. The van der Waals surface area contributed by atoms with Crippen LogP contribution in [0.25, 0.3) is 0 Å². The Labute approximate surface area is 175 Å². The molecule has 0 fully saturated rings. The number of aryl methyl sites for hydroxylation is 2. The summed E-state index contributed by atoms with van der Waals surface area (Å²) in [5, 5.41) is 2.59. The molecule has 2 aromatic rings. The van der Waals surface area contributed by atoms with Gasteiger partial charge in [0.05, 0.1) is 0 Å². The molecule has 0 spiro atoms. The minimum Gasteiger partial charge on any atom is -0.483 e. The quantitative estimate of drug-likeness (QED) is 0.605. The second-order valence-electron chi connectivity index (χ2n) is 7.25. The van der Waals surface area contributed by atoms with Crippen LogP contribution < -0.4 is 20.9 Å². The molecular formula is C22H26FN3O4. The smallest absolute Gasteiger partial charge is 0.276 e. The average Bonchev–Trinajstić information content (AvgIpc) is 2.70. The van der Waals surface area contributed by atoms with Gasteiger partial charge in [-0.1, -0.05) is 32.0 Å². The maximum atomic E-state index is 13.0. The first-order chi connectivity index (χ1) is 14.2. The Morgan fingerprint density at radius 1 is 0.967 bits per heavy atom. The number of carbonyl (C=O) groups excluding carboxylic acids is 3. The number of ether oxygens (including phenoxy) is 1. The zero-order valence-electron chi connectivity index (χ0n) is 17.4. The molecule has 1 atom stereocenters. The lowest BCUT2D eigenvalue weighted by molar-refractivity contribution is -0.131. The third-order valence-electron chi connectivity index (χ3n) is 4.42. The van der Waals surface area contributed by atoms with E-state index in [-0.39, 0.29) is 18.1 Å². The normalized spacial score (nSPS) is 11.5. The van der Waals surface area contributed by atoms with Crippen LogP contribution in [0.3, 0.4) is 0 Å². The summed E-state index contributed by atoms with van der Waals surface area (Å²) < 4.78 is 18.6. The molecule has 0 unspecified atom stereocenters. The molecule has 0 saturated carbocycles. The third-order valence-corrected chi connectivity index (χ3v) is 4.42. The molecule has 30 heavy (non-hydrogen) atoms. The van der Waals surface area contributed by atoms with Crippen LogP contribution >= 0.6 is 0 Å². The first-order valence-electron chi connectivity index (χ1n) is 9.53. The van der Waals surface area contributed by atoms with Crippen molar-refractivity contribution in [3.63, 3.8) is 0 Å². The summed E-state index contributed by atoms with van der Waals surface area (Å²) in [6.45, 7) is 6.97. The number of hydrazine groups is 1. The van der Waals surface area contributed by atoms with E-state index < -0.39 is 29.6 Å². The summed E-state index contributed by atoms with van der Waals surface area (Å²) >= 11 is 0. The SMILES string of the molecule is Cc1cccc(C)c1OCC(=O)NNC(=O)[C@@H](NC(=O)c1ccc(F)cc1)C(C)C. The van der Waals surface area contributed by atoms with Gasteiger partial charge in [-0.25, -0.2) is 4.39 Å². The standard InChI is InChI=1S/C22H26FN3O4/c1-13(2)19(24-21(28)16-8-10-17(23)11-9-16)22(29)26-25-18(27)12-30-20-14(3)6-5-7-15(20)4/h5-11,13,19H,12H2,1-4H3,(H,24,28)(H,25,27)(H,26,29)/t19-/m0/s1. The van der Waals surface area contributed by atoms with E-state index >= 15 is 0 Å². The molecule has 0 aliphatic heterocycles. The fourth-order valence-corrected chi connectivity index (χ4v) is 2.77. The van der Waals surface area contributed by atoms with E-state index in [4.69, 9.17) is 4.74 Å². The third kappa shape index (κ3) is 6.30. The van der Waals surface area contributed by atoms with Crippen LogP contribution in [0.15, 0.2) is 42.5 Å².